The fourth-order valence-corrected chi connectivity index (χ4v) is 1.38. The van der Waals surface area contributed by atoms with Crippen LogP contribution in [0.15, 0.2) is 23.2 Å². The number of nitrogens with zero attached hydrogens (tertiary/aromatic N) is 1. The third kappa shape index (κ3) is 1.49. The highest BCUT2D eigenvalue weighted by Gasteiger charge is 2.14. The van der Waals surface area contributed by atoms with E-state index in [2.05, 4.69) is 11.7 Å². The van der Waals surface area contributed by atoms with Crippen molar-refractivity contribution < 1.29 is 9.47 Å². The number of para-hydroxylation sites is 1. The van der Waals surface area contributed by atoms with E-state index < -0.39 is 0 Å². The van der Waals surface area contributed by atoms with Crippen LogP contribution in [-0.4, -0.2) is 19.9 Å². The van der Waals surface area contributed by atoms with Crippen LogP contribution in [0.3, 0.4) is 0 Å². The summed E-state index contributed by atoms with van der Waals surface area (Å²) >= 11 is 0. The summed E-state index contributed by atoms with van der Waals surface area (Å²) in [6.07, 6.45) is 0. The molecule has 0 unspecified atom stereocenters. The van der Waals surface area contributed by atoms with E-state index in [1.807, 2.05) is 18.2 Å². The van der Waals surface area contributed by atoms with Gasteiger partial charge in [-0.3, -0.25) is 4.99 Å². The van der Waals surface area contributed by atoms with E-state index in [1.54, 1.807) is 0 Å². The zero-order valence-corrected chi connectivity index (χ0v) is 7.32. The first-order chi connectivity index (χ1) is 6.42. The van der Waals surface area contributed by atoms with Gasteiger partial charge in [-0.1, -0.05) is 12.1 Å². The first-order valence-corrected chi connectivity index (χ1v) is 4.22. The minimum Gasteiger partial charge on any atom is -0.486 e. The lowest BCUT2D eigenvalue weighted by molar-refractivity contribution is 0.170. The van der Waals surface area contributed by atoms with Gasteiger partial charge in [0.05, 0.1) is 6.54 Å². The van der Waals surface area contributed by atoms with Gasteiger partial charge in [-0.15, -0.1) is 0 Å². The minimum atomic E-state index is 0.576. The SMILES string of the molecule is C=NCc1cccc2c1OCCO2. The van der Waals surface area contributed by atoms with Crippen LogP contribution in [-0.2, 0) is 6.54 Å². The van der Waals surface area contributed by atoms with Crippen LogP contribution in [0.4, 0.5) is 0 Å². The molecular formula is C10H11NO2. The highest BCUT2D eigenvalue weighted by Crippen LogP contribution is 2.33. The average Bonchev–Trinajstić information content (AvgIpc) is 2.19. The van der Waals surface area contributed by atoms with E-state index >= 15 is 0 Å². The second-order valence-electron chi connectivity index (χ2n) is 2.82. The molecule has 0 atom stereocenters. The summed E-state index contributed by atoms with van der Waals surface area (Å²) in [7, 11) is 0. The van der Waals surface area contributed by atoms with Gasteiger partial charge in [0.2, 0.25) is 0 Å². The molecule has 1 aromatic rings. The lowest BCUT2D eigenvalue weighted by atomic mass is 10.2. The molecule has 13 heavy (non-hydrogen) atoms. The van der Waals surface area contributed by atoms with Gasteiger partial charge in [-0.05, 0) is 12.8 Å². The lowest BCUT2D eigenvalue weighted by Gasteiger charge is -2.20. The maximum Gasteiger partial charge on any atom is 0.166 e. The fraction of sp³-hybridized carbons (Fsp3) is 0.300. The number of benzene rings is 1. The fourth-order valence-electron chi connectivity index (χ4n) is 1.38. The molecule has 0 amide bonds. The number of fused-ring (bicyclic) bond motifs is 1. The van der Waals surface area contributed by atoms with E-state index in [0.717, 1.165) is 17.1 Å². The van der Waals surface area contributed by atoms with Gasteiger partial charge >= 0.3 is 0 Å². The molecule has 0 aliphatic carbocycles. The summed E-state index contributed by atoms with van der Waals surface area (Å²) in [5.41, 5.74) is 1.03. The molecule has 2 rings (SSSR count). The Hall–Kier alpha value is -1.51. The number of hydrogen-bond donors (Lipinski definition) is 0. The van der Waals surface area contributed by atoms with Crippen LogP contribution in [0.25, 0.3) is 0 Å². The second kappa shape index (κ2) is 3.47. The van der Waals surface area contributed by atoms with Crippen LogP contribution in [0.1, 0.15) is 5.56 Å². The Morgan fingerprint density at radius 1 is 1.31 bits per heavy atom. The van der Waals surface area contributed by atoms with Crippen molar-refractivity contribution >= 4 is 6.72 Å². The van der Waals surface area contributed by atoms with Crippen LogP contribution in [0.5, 0.6) is 11.5 Å². The molecule has 0 fully saturated rings. The molecule has 0 radical (unpaired) electrons. The van der Waals surface area contributed by atoms with E-state index in [1.165, 1.54) is 0 Å². The zero-order chi connectivity index (χ0) is 9.10. The summed E-state index contributed by atoms with van der Waals surface area (Å²) in [5, 5.41) is 0. The normalized spacial score (nSPS) is 13.8. The molecule has 1 aromatic carbocycles. The number of hydrogen-bond acceptors (Lipinski definition) is 3. The predicted molar refractivity (Wildman–Crippen MR) is 50.7 cm³/mol. The topological polar surface area (TPSA) is 30.8 Å². The Balaban J connectivity index is 2.39. The third-order valence-electron chi connectivity index (χ3n) is 1.93. The molecule has 0 spiro atoms. The number of rotatable bonds is 2. The van der Waals surface area contributed by atoms with Gasteiger partial charge in [0, 0.05) is 5.56 Å². The second-order valence-corrected chi connectivity index (χ2v) is 2.82. The first-order valence-electron chi connectivity index (χ1n) is 4.22. The summed E-state index contributed by atoms with van der Waals surface area (Å²) in [6.45, 7) is 5.27. The Labute approximate surface area is 77.0 Å². The number of ether oxygens (including phenoxy) is 2. The monoisotopic (exact) mass is 177 g/mol. The molecule has 0 saturated carbocycles. The van der Waals surface area contributed by atoms with E-state index in [4.69, 9.17) is 9.47 Å². The van der Waals surface area contributed by atoms with Gasteiger partial charge in [-0.2, -0.15) is 0 Å². The first kappa shape index (κ1) is 8.10. The van der Waals surface area contributed by atoms with Crippen molar-refractivity contribution in [1.82, 2.24) is 0 Å². The van der Waals surface area contributed by atoms with Crippen LogP contribution in [0, 0.1) is 0 Å². The van der Waals surface area contributed by atoms with Crippen molar-refractivity contribution in [2.75, 3.05) is 13.2 Å². The van der Waals surface area contributed by atoms with E-state index in [0.29, 0.717) is 19.8 Å². The molecule has 0 bridgehead atoms. The summed E-state index contributed by atoms with van der Waals surface area (Å²) in [6, 6.07) is 5.82. The highest BCUT2D eigenvalue weighted by molar-refractivity contribution is 5.47. The van der Waals surface area contributed by atoms with E-state index in [9.17, 15) is 0 Å². The Bertz CT molecular complexity index is 323. The average molecular weight is 177 g/mol. The lowest BCUT2D eigenvalue weighted by Crippen LogP contribution is -2.16. The molecule has 1 aliphatic heterocycles. The van der Waals surface area contributed by atoms with Crippen molar-refractivity contribution in [3.8, 4) is 11.5 Å². The molecule has 0 aromatic heterocycles. The van der Waals surface area contributed by atoms with Gasteiger partial charge in [0.1, 0.15) is 13.2 Å². The van der Waals surface area contributed by atoms with Gasteiger partial charge in [0.15, 0.2) is 11.5 Å². The molecule has 0 saturated heterocycles. The Kier molecular flexibility index (Phi) is 2.17. The standard InChI is InChI=1S/C10H11NO2/c1-11-7-8-3-2-4-9-10(8)13-6-5-12-9/h2-4H,1,5-7H2. The van der Waals surface area contributed by atoms with Crippen molar-refractivity contribution in [2.24, 2.45) is 4.99 Å². The third-order valence-corrected chi connectivity index (χ3v) is 1.93. The largest absolute Gasteiger partial charge is 0.486 e. The van der Waals surface area contributed by atoms with Gasteiger partial charge in [-0.25, -0.2) is 0 Å². The number of aliphatic imine (C=N–C) groups is 1. The summed E-state index contributed by atoms with van der Waals surface area (Å²) in [4.78, 5) is 3.83. The maximum absolute atomic E-state index is 5.49. The zero-order valence-electron chi connectivity index (χ0n) is 7.32. The summed E-state index contributed by atoms with van der Waals surface area (Å²) < 4.78 is 10.9. The minimum absolute atomic E-state index is 0.576. The molecule has 1 aliphatic rings. The predicted octanol–water partition coefficient (Wildman–Crippen LogP) is 1.66. The molecule has 68 valence electrons. The van der Waals surface area contributed by atoms with Crippen molar-refractivity contribution in [3.05, 3.63) is 23.8 Å². The van der Waals surface area contributed by atoms with Crippen molar-refractivity contribution in [3.63, 3.8) is 0 Å². The Morgan fingerprint density at radius 3 is 3.00 bits per heavy atom. The van der Waals surface area contributed by atoms with Crippen LogP contribution >= 0.6 is 0 Å². The molecule has 3 heteroatoms. The molecule has 0 N–H and O–H groups in total. The molecule has 3 nitrogen and oxygen atoms in total. The van der Waals surface area contributed by atoms with Gasteiger partial charge in [0.25, 0.3) is 0 Å². The summed E-state index contributed by atoms with van der Waals surface area (Å²) in [5.74, 6) is 1.63. The van der Waals surface area contributed by atoms with Crippen LogP contribution < -0.4 is 9.47 Å². The Morgan fingerprint density at radius 2 is 2.15 bits per heavy atom. The maximum atomic E-state index is 5.49. The van der Waals surface area contributed by atoms with Crippen LogP contribution in [0.2, 0.25) is 0 Å². The highest BCUT2D eigenvalue weighted by atomic mass is 16.6. The molecule has 1 heterocycles. The molecular weight excluding hydrogens is 166 g/mol. The van der Waals surface area contributed by atoms with Crippen molar-refractivity contribution in [2.45, 2.75) is 6.54 Å². The van der Waals surface area contributed by atoms with Crippen molar-refractivity contribution in [1.29, 1.82) is 0 Å². The quantitative estimate of drug-likeness (QED) is 0.643. The van der Waals surface area contributed by atoms with E-state index in [-0.39, 0.29) is 0 Å². The van der Waals surface area contributed by atoms with Gasteiger partial charge < -0.3 is 9.47 Å². The smallest absolute Gasteiger partial charge is 0.166 e.